The van der Waals surface area contributed by atoms with Crippen LogP contribution in [0.3, 0.4) is 0 Å². The van der Waals surface area contributed by atoms with Crippen molar-refractivity contribution in [1.82, 2.24) is 9.78 Å². The number of carboxylic acids is 1. The number of allylic oxidation sites excluding steroid dienone is 4. The molecular formula is C15H13FN2O2. The fraction of sp³-hybridized carbons (Fsp3) is 0.200. The van der Waals surface area contributed by atoms with Crippen molar-refractivity contribution >= 4 is 16.9 Å². The van der Waals surface area contributed by atoms with Crippen molar-refractivity contribution in [3.05, 3.63) is 54.0 Å². The van der Waals surface area contributed by atoms with Crippen molar-refractivity contribution in [2.75, 3.05) is 0 Å². The fourth-order valence-corrected chi connectivity index (χ4v) is 2.36. The first kappa shape index (κ1) is 12.6. The molecule has 0 spiro atoms. The first-order valence-corrected chi connectivity index (χ1v) is 6.36. The number of fused-ring (bicyclic) bond motifs is 1. The number of halogens is 1. The molecule has 0 fully saturated rings. The van der Waals surface area contributed by atoms with E-state index in [0.717, 1.165) is 10.9 Å². The Bertz CT molecular complexity index is 731. The Morgan fingerprint density at radius 1 is 1.50 bits per heavy atom. The minimum absolute atomic E-state index is 0.197. The van der Waals surface area contributed by atoms with Crippen LogP contribution in [0, 0.1) is 5.92 Å². The number of benzene rings is 1. The number of carboxylic acid groups (broad SMARTS) is 1. The Hall–Kier alpha value is -2.43. The topological polar surface area (TPSA) is 55.1 Å². The lowest BCUT2D eigenvalue weighted by atomic mass is 10.0. The Morgan fingerprint density at radius 3 is 3.05 bits per heavy atom. The molecule has 0 amide bonds. The molecule has 1 heterocycles. The van der Waals surface area contributed by atoms with E-state index < -0.39 is 5.97 Å². The van der Waals surface area contributed by atoms with E-state index in [9.17, 15) is 9.18 Å². The molecular weight excluding hydrogens is 259 g/mol. The minimum atomic E-state index is -0.949. The molecule has 0 saturated carbocycles. The average Bonchev–Trinajstić information content (AvgIpc) is 2.84. The Morgan fingerprint density at radius 2 is 2.35 bits per heavy atom. The van der Waals surface area contributed by atoms with Crippen LogP contribution in [-0.2, 0) is 6.54 Å². The Kier molecular flexibility index (Phi) is 3.10. The summed E-state index contributed by atoms with van der Waals surface area (Å²) in [6.45, 7) is 0.649. The molecule has 1 unspecified atom stereocenters. The SMILES string of the molecule is O=C(O)c1ccc2c(cnn2CC2C=CC(F)=CC2)c1. The van der Waals surface area contributed by atoms with Gasteiger partial charge in [-0.1, -0.05) is 6.08 Å². The molecule has 1 aliphatic rings. The summed E-state index contributed by atoms with van der Waals surface area (Å²) in [4.78, 5) is 10.9. The van der Waals surface area contributed by atoms with Gasteiger partial charge >= 0.3 is 5.97 Å². The van der Waals surface area contributed by atoms with E-state index in [1.54, 1.807) is 30.5 Å². The van der Waals surface area contributed by atoms with Gasteiger partial charge in [0.2, 0.25) is 0 Å². The molecule has 0 radical (unpaired) electrons. The van der Waals surface area contributed by atoms with Crippen molar-refractivity contribution in [2.45, 2.75) is 13.0 Å². The molecule has 0 bridgehead atoms. The van der Waals surface area contributed by atoms with E-state index in [0.29, 0.717) is 13.0 Å². The Balaban J connectivity index is 1.86. The zero-order valence-corrected chi connectivity index (χ0v) is 10.7. The van der Waals surface area contributed by atoms with Gasteiger partial charge in [0.25, 0.3) is 0 Å². The molecule has 1 atom stereocenters. The number of aromatic carboxylic acids is 1. The van der Waals surface area contributed by atoms with Crippen LogP contribution in [0.4, 0.5) is 4.39 Å². The molecule has 1 aliphatic carbocycles. The van der Waals surface area contributed by atoms with Gasteiger partial charge in [0.15, 0.2) is 0 Å². The zero-order valence-electron chi connectivity index (χ0n) is 10.7. The highest BCUT2D eigenvalue weighted by molar-refractivity contribution is 5.93. The maximum Gasteiger partial charge on any atom is 0.335 e. The van der Waals surface area contributed by atoms with Crippen LogP contribution in [-0.4, -0.2) is 20.9 Å². The summed E-state index contributed by atoms with van der Waals surface area (Å²) in [6, 6.07) is 4.94. The van der Waals surface area contributed by atoms with Gasteiger partial charge in [0.05, 0.1) is 17.3 Å². The van der Waals surface area contributed by atoms with Gasteiger partial charge in [-0.3, -0.25) is 4.68 Å². The van der Waals surface area contributed by atoms with Crippen LogP contribution < -0.4 is 0 Å². The normalized spacial score (nSPS) is 18.2. The summed E-state index contributed by atoms with van der Waals surface area (Å²) in [7, 11) is 0. The lowest BCUT2D eigenvalue weighted by Gasteiger charge is -2.14. The van der Waals surface area contributed by atoms with Gasteiger partial charge in [-0.15, -0.1) is 0 Å². The first-order valence-electron chi connectivity index (χ1n) is 6.36. The second-order valence-corrected chi connectivity index (χ2v) is 4.85. The summed E-state index contributed by atoms with van der Waals surface area (Å²) >= 11 is 0. The van der Waals surface area contributed by atoms with Crippen molar-refractivity contribution < 1.29 is 14.3 Å². The third-order valence-corrected chi connectivity index (χ3v) is 3.44. The highest BCUT2D eigenvalue weighted by Gasteiger charge is 2.13. The molecule has 3 rings (SSSR count). The van der Waals surface area contributed by atoms with E-state index in [4.69, 9.17) is 5.11 Å². The quantitative estimate of drug-likeness (QED) is 0.933. The predicted octanol–water partition coefficient (Wildman–Crippen LogP) is 3.16. The van der Waals surface area contributed by atoms with Crippen LogP contribution >= 0.6 is 0 Å². The smallest absolute Gasteiger partial charge is 0.335 e. The summed E-state index contributed by atoms with van der Waals surface area (Å²) in [5.41, 5.74) is 1.14. The number of aromatic nitrogens is 2. The van der Waals surface area contributed by atoms with Gasteiger partial charge in [-0.05, 0) is 36.8 Å². The largest absolute Gasteiger partial charge is 0.478 e. The van der Waals surface area contributed by atoms with Gasteiger partial charge in [0, 0.05) is 17.8 Å². The second-order valence-electron chi connectivity index (χ2n) is 4.85. The summed E-state index contributed by atoms with van der Waals surface area (Å²) in [5, 5.41) is 14.0. The summed E-state index contributed by atoms with van der Waals surface area (Å²) in [5.74, 6) is -0.940. The van der Waals surface area contributed by atoms with Gasteiger partial charge in [-0.25, -0.2) is 9.18 Å². The van der Waals surface area contributed by atoms with Crippen molar-refractivity contribution in [3.63, 3.8) is 0 Å². The highest BCUT2D eigenvalue weighted by atomic mass is 19.1. The highest BCUT2D eigenvalue weighted by Crippen LogP contribution is 2.22. The maximum absolute atomic E-state index is 12.9. The van der Waals surface area contributed by atoms with Crippen LogP contribution in [0.2, 0.25) is 0 Å². The number of carbonyl (C=O) groups is 1. The van der Waals surface area contributed by atoms with Crippen molar-refractivity contribution in [3.8, 4) is 0 Å². The van der Waals surface area contributed by atoms with Crippen LogP contribution in [0.5, 0.6) is 0 Å². The first-order chi connectivity index (χ1) is 9.63. The monoisotopic (exact) mass is 272 g/mol. The lowest BCUT2D eigenvalue weighted by Crippen LogP contribution is -2.11. The third kappa shape index (κ3) is 2.34. The molecule has 0 aliphatic heterocycles. The molecule has 1 aromatic carbocycles. The van der Waals surface area contributed by atoms with Gasteiger partial charge < -0.3 is 5.11 Å². The van der Waals surface area contributed by atoms with Crippen LogP contribution in [0.1, 0.15) is 16.8 Å². The van der Waals surface area contributed by atoms with Gasteiger partial charge in [-0.2, -0.15) is 5.10 Å². The lowest BCUT2D eigenvalue weighted by molar-refractivity contribution is 0.0697. The molecule has 5 heteroatoms. The second kappa shape index (κ2) is 4.92. The molecule has 4 nitrogen and oxygen atoms in total. The number of hydrogen-bond donors (Lipinski definition) is 1. The molecule has 2 aromatic rings. The summed E-state index contributed by atoms with van der Waals surface area (Å²) in [6.07, 6.45) is 7.19. The van der Waals surface area contributed by atoms with Crippen molar-refractivity contribution in [2.24, 2.45) is 5.92 Å². The molecule has 1 aromatic heterocycles. The molecule has 0 saturated heterocycles. The predicted molar refractivity (Wildman–Crippen MR) is 73.1 cm³/mol. The van der Waals surface area contributed by atoms with Crippen LogP contribution in [0.25, 0.3) is 10.9 Å². The standard InChI is InChI=1S/C15H13FN2O2/c16-13-4-1-10(2-5-13)9-18-14-6-3-11(15(19)20)7-12(14)8-17-18/h1,3-8,10H,2,9H2,(H,19,20). The molecule has 102 valence electrons. The van der Waals surface area contributed by atoms with E-state index in [1.165, 1.54) is 6.08 Å². The van der Waals surface area contributed by atoms with E-state index in [1.807, 2.05) is 10.8 Å². The van der Waals surface area contributed by atoms with Gasteiger partial charge in [0.1, 0.15) is 5.83 Å². The Labute approximate surface area is 114 Å². The van der Waals surface area contributed by atoms with E-state index in [-0.39, 0.29) is 17.3 Å². The zero-order chi connectivity index (χ0) is 14.1. The van der Waals surface area contributed by atoms with E-state index in [2.05, 4.69) is 5.10 Å². The number of hydrogen-bond acceptors (Lipinski definition) is 2. The fourth-order valence-electron chi connectivity index (χ4n) is 2.36. The van der Waals surface area contributed by atoms with Crippen LogP contribution in [0.15, 0.2) is 48.5 Å². The third-order valence-electron chi connectivity index (χ3n) is 3.44. The molecule has 1 N–H and O–H groups in total. The maximum atomic E-state index is 12.9. The molecule has 20 heavy (non-hydrogen) atoms. The number of rotatable bonds is 3. The average molecular weight is 272 g/mol. The van der Waals surface area contributed by atoms with E-state index >= 15 is 0 Å². The summed E-state index contributed by atoms with van der Waals surface area (Å²) < 4.78 is 14.7. The van der Waals surface area contributed by atoms with Crippen molar-refractivity contribution in [1.29, 1.82) is 0 Å². The number of nitrogens with zero attached hydrogens (tertiary/aromatic N) is 2. The minimum Gasteiger partial charge on any atom is -0.478 e.